The van der Waals surface area contributed by atoms with Crippen LogP contribution in [0.5, 0.6) is 0 Å². The molecule has 1 rings (SSSR count). The first-order valence-corrected chi connectivity index (χ1v) is 4.45. The maximum Gasteiger partial charge on any atom is 0.407 e. The molecule has 4 heteroatoms. The Morgan fingerprint density at radius 3 is 2.92 bits per heavy atom. The third-order valence-corrected chi connectivity index (χ3v) is 2.05. The van der Waals surface area contributed by atoms with Crippen molar-refractivity contribution in [2.24, 2.45) is 0 Å². The summed E-state index contributed by atoms with van der Waals surface area (Å²) in [5, 5.41) is 5.92. The summed E-state index contributed by atoms with van der Waals surface area (Å²) < 4.78 is 5.05. The van der Waals surface area contributed by atoms with Gasteiger partial charge in [0.15, 0.2) is 0 Å². The zero-order chi connectivity index (χ0) is 8.97. The maximum atomic E-state index is 10.8. The van der Waals surface area contributed by atoms with E-state index in [9.17, 15) is 4.79 Å². The van der Waals surface area contributed by atoms with Gasteiger partial charge in [0.2, 0.25) is 0 Å². The first-order valence-electron chi connectivity index (χ1n) is 4.45. The fourth-order valence-electron chi connectivity index (χ4n) is 1.33. The van der Waals surface area contributed by atoms with Crippen LogP contribution < -0.4 is 10.6 Å². The number of hydrogen-bond acceptors (Lipinski definition) is 3. The Bertz CT molecular complexity index is 161. The number of rotatable bonds is 4. The summed E-state index contributed by atoms with van der Waals surface area (Å²) in [5.41, 5.74) is 0. The highest BCUT2D eigenvalue weighted by atomic mass is 16.6. The number of alkyl carbamates (subject to hydrolysis) is 1. The standard InChI is InChI=1S/C8H16N2O2/c1-3-6-7(5-9-4-2)12-8(11)10-6/h6-7,9H,3-5H2,1-2H3,(H,10,11). The van der Waals surface area contributed by atoms with Crippen LogP contribution in [0.4, 0.5) is 4.79 Å². The van der Waals surface area contributed by atoms with E-state index in [0.717, 1.165) is 19.5 Å². The summed E-state index contributed by atoms with van der Waals surface area (Å²) in [6, 6.07) is 0.177. The van der Waals surface area contributed by atoms with Gasteiger partial charge >= 0.3 is 6.09 Å². The number of carbonyl (C=O) groups is 1. The lowest BCUT2D eigenvalue weighted by Gasteiger charge is -2.14. The Kier molecular flexibility index (Phi) is 3.34. The third-order valence-electron chi connectivity index (χ3n) is 2.05. The molecule has 2 atom stereocenters. The molecule has 0 aromatic rings. The minimum absolute atomic E-state index is 0.00227. The molecule has 1 amide bonds. The van der Waals surface area contributed by atoms with Crippen molar-refractivity contribution in [1.29, 1.82) is 0 Å². The zero-order valence-electron chi connectivity index (χ0n) is 7.59. The summed E-state index contributed by atoms with van der Waals surface area (Å²) in [6.45, 7) is 5.72. The van der Waals surface area contributed by atoms with Crippen molar-refractivity contribution in [3.8, 4) is 0 Å². The second-order valence-electron chi connectivity index (χ2n) is 2.91. The SMILES string of the molecule is CCNCC1OC(=O)NC1CC. The molecular weight excluding hydrogens is 156 g/mol. The fraction of sp³-hybridized carbons (Fsp3) is 0.875. The van der Waals surface area contributed by atoms with Crippen LogP contribution in [0.3, 0.4) is 0 Å². The van der Waals surface area contributed by atoms with Gasteiger partial charge in [-0.05, 0) is 13.0 Å². The number of cyclic esters (lactones) is 1. The number of hydrogen-bond donors (Lipinski definition) is 2. The van der Waals surface area contributed by atoms with Gasteiger partial charge in [-0.2, -0.15) is 0 Å². The second-order valence-corrected chi connectivity index (χ2v) is 2.91. The molecule has 1 saturated heterocycles. The van der Waals surface area contributed by atoms with E-state index < -0.39 is 0 Å². The molecule has 0 radical (unpaired) electrons. The van der Waals surface area contributed by atoms with Gasteiger partial charge < -0.3 is 15.4 Å². The van der Waals surface area contributed by atoms with Crippen molar-refractivity contribution in [3.63, 3.8) is 0 Å². The van der Waals surface area contributed by atoms with Crippen LogP contribution in [0.2, 0.25) is 0 Å². The molecule has 12 heavy (non-hydrogen) atoms. The molecule has 1 heterocycles. The minimum atomic E-state index is -0.287. The molecular formula is C8H16N2O2. The quantitative estimate of drug-likeness (QED) is 0.648. The number of amides is 1. The van der Waals surface area contributed by atoms with Crippen LogP contribution in [-0.4, -0.2) is 31.3 Å². The molecule has 0 saturated carbocycles. The van der Waals surface area contributed by atoms with Crippen molar-refractivity contribution < 1.29 is 9.53 Å². The van der Waals surface area contributed by atoms with Gasteiger partial charge in [0.1, 0.15) is 6.10 Å². The van der Waals surface area contributed by atoms with Crippen molar-refractivity contribution in [2.75, 3.05) is 13.1 Å². The second kappa shape index (κ2) is 4.30. The van der Waals surface area contributed by atoms with E-state index in [1.165, 1.54) is 0 Å². The first kappa shape index (κ1) is 9.32. The van der Waals surface area contributed by atoms with E-state index in [0.29, 0.717) is 0 Å². The molecule has 1 fully saturated rings. The van der Waals surface area contributed by atoms with Gasteiger partial charge in [0.05, 0.1) is 6.04 Å². The van der Waals surface area contributed by atoms with Crippen LogP contribution in [-0.2, 0) is 4.74 Å². The summed E-state index contributed by atoms with van der Waals surface area (Å²) in [6.07, 6.45) is 0.633. The molecule has 0 aromatic heterocycles. The average Bonchev–Trinajstić information content (AvgIpc) is 2.42. The van der Waals surface area contributed by atoms with Crippen molar-refractivity contribution >= 4 is 6.09 Å². The number of carbonyl (C=O) groups excluding carboxylic acids is 1. The lowest BCUT2D eigenvalue weighted by atomic mass is 10.1. The third kappa shape index (κ3) is 2.11. The predicted octanol–water partition coefficient (Wildman–Crippen LogP) is 0.483. The number of likely N-dealkylation sites (N-methyl/N-ethyl adjacent to an activating group) is 1. The minimum Gasteiger partial charge on any atom is -0.443 e. The van der Waals surface area contributed by atoms with Crippen LogP contribution >= 0.6 is 0 Å². The van der Waals surface area contributed by atoms with Crippen LogP contribution in [0, 0.1) is 0 Å². The van der Waals surface area contributed by atoms with E-state index in [1.807, 2.05) is 13.8 Å². The zero-order valence-corrected chi connectivity index (χ0v) is 7.59. The molecule has 1 aliphatic heterocycles. The lowest BCUT2D eigenvalue weighted by Crippen LogP contribution is -2.37. The molecule has 70 valence electrons. The van der Waals surface area contributed by atoms with Gasteiger partial charge in [-0.3, -0.25) is 0 Å². The van der Waals surface area contributed by atoms with Gasteiger partial charge in [-0.25, -0.2) is 4.79 Å². The Hall–Kier alpha value is -0.770. The van der Waals surface area contributed by atoms with E-state index >= 15 is 0 Å². The van der Waals surface area contributed by atoms with Crippen LogP contribution in [0.25, 0.3) is 0 Å². The van der Waals surface area contributed by atoms with E-state index in [-0.39, 0.29) is 18.2 Å². The Balaban J connectivity index is 2.35. The number of ether oxygens (including phenoxy) is 1. The van der Waals surface area contributed by atoms with E-state index in [2.05, 4.69) is 10.6 Å². The lowest BCUT2D eigenvalue weighted by molar-refractivity contribution is 0.130. The molecule has 1 aliphatic rings. The van der Waals surface area contributed by atoms with Gasteiger partial charge in [-0.15, -0.1) is 0 Å². The molecule has 0 bridgehead atoms. The largest absolute Gasteiger partial charge is 0.443 e. The highest BCUT2D eigenvalue weighted by molar-refractivity contribution is 5.70. The smallest absolute Gasteiger partial charge is 0.407 e. The topological polar surface area (TPSA) is 50.4 Å². The predicted molar refractivity (Wildman–Crippen MR) is 46.0 cm³/mol. The van der Waals surface area contributed by atoms with Gasteiger partial charge in [0.25, 0.3) is 0 Å². The van der Waals surface area contributed by atoms with Gasteiger partial charge in [0, 0.05) is 6.54 Å². The summed E-state index contributed by atoms with van der Waals surface area (Å²) in [4.78, 5) is 10.8. The maximum absolute atomic E-state index is 10.8. The van der Waals surface area contributed by atoms with Gasteiger partial charge in [-0.1, -0.05) is 13.8 Å². The van der Waals surface area contributed by atoms with Crippen molar-refractivity contribution in [1.82, 2.24) is 10.6 Å². The van der Waals surface area contributed by atoms with Crippen LogP contribution in [0.1, 0.15) is 20.3 Å². The Morgan fingerprint density at radius 2 is 2.33 bits per heavy atom. The van der Waals surface area contributed by atoms with Crippen molar-refractivity contribution in [2.45, 2.75) is 32.4 Å². The molecule has 2 unspecified atom stereocenters. The summed E-state index contributed by atoms with van der Waals surface area (Å²) in [7, 11) is 0. The molecule has 4 nitrogen and oxygen atoms in total. The summed E-state index contributed by atoms with van der Waals surface area (Å²) in [5.74, 6) is 0. The highest BCUT2D eigenvalue weighted by Gasteiger charge is 2.31. The molecule has 0 spiro atoms. The molecule has 2 N–H and O–H groups in total. The average molecular weight is 172 g/mol. The van der Waals surface area contributed by atoms with E-state index in [4.69, 9.17) is 4.74 Å². The molecule has 0 aromatic carbocycles. The summed E-state index contributed by atoms with van der Waals surface area (Å²) >= 11 is 0. The number of nitrogens with one attached hydrogen (secondary N) is 2. The Morgan fingerprint density at radius 1 is 1.58 bits per heavy atom. The molecule has 0 aliphatic carbocycles. The normalized spacial score (nSPS) is 28.3. The monoisotopic (exact) mass is 172 g/mol. The fourth-order valence-corrected chi connectivity index (χ4v) is 1.33. The van der Waals surface area contributed by atoms with E-state index in [1.54, 1.807) is 0 Å². The van der Waals surface area contributed by atoms with Crippen molar-refractivity contribution in [3.05, 3.63) is 0 Å². The van der Waals surface area contributed by atoms with Crippen LogP contribution in [0.15, 0.2) is 0 Å². The first-order chi connectivity index (χ1) is 5.77. The Labute approximate surface area is 72.7 Å². The highest BCUT2D eigenvalue weighted by Crippen LogP contribution is 2.10.